The molecular weight excluding hydrogens is 271 g/mol. The highest BCUT2D eigenvalue weighted by atomic mass is 19.1. The van der Waals surface area contributed by atoms with Gasteiger partial charge in [-0.1, -0.05) is 18.2 Å². The summed E-state index contributed by atoms with van der Waals surface area (Å²) in [5, 5.41) is 0. The Morgan fingerprint density at radius 2 is 1.86 bits per heavy atom. The molecule has 2 aromatic rings. The van der Waals surface area contributed by atoms with Crippen molar-refractivity contribution in [3.63, 3.8) is 0 Å². The van der Waals surface area contributed by atoms with Gasteiger partial charge in [-0.15, -0.1) is 0 Å². The molecule has 4 nitrogen and oxygen atoms in total. The van der Waals surface area contributed by atoms with Gasteiger partial charge in [0, 0.05) is 17.2 Å². The van der Waals surface area contributed by atoms with E-state index in [0.29, 0.717) is 22.6 Å². The molecule has 112 valence electrons. The van der Waals surface area contributed by atoms with Gasteiger partial charge >= 0.3 is 0 Å². The Morgan fingerprint density at radius 3 is 2.48 bits per heavy atom. The van der Waals surface area contributed by atoms with Crippen LogP contribution in [0.2, 0.25) is 0 Å². The maximum absolute atomic E-state index is 14.3. The number of methoxy groups -OCH3 is 2. The monoisotopic (exact) mass is 290 g/mol. The first-order valence-electron chi connectivity index (χ1n) is 6.55. The van der Waals surface area contributed by atoms with Crippen molar-refractivity contribution in [1.29, 1.82) is 0 Å². The largest absolute Gasteiger partial charge is 0.497 e. The Hall–Kier alpha value is -2.11. The highest BCUT2D eigenvalue weighted by Gasteiger charge is 2.21. The summed E-state index contributed by atoms with van der Waals surface area (Å²) < 4.78 is 24.9. The summed E-state index contributed by atoms with van der Waals surface area (Å²) in [6.45, 7) is 1.72. The summed E-state index contributed by atoms with van der Waals surface area (Å²) in [6.07, 6.45) is 0. The fourth-order valence-corrected chi connectivity index (χ4v) is 2.30. The van der Waals surface area contributed by atoms with Crippen LogP contribution in [0.25, 0.3) is 0 Å². The minimum absolute atomic E-state index is 0.279. The van der Waals surface area contributed by atoms with Gasteiger partial charge in [-0.25, -0.2) is 9.82 Å². The molecular formula is C16H19FN2O2. The number of hydrogen-bond donors (Lipinski definition) is 2. The quantitative estimate of drug-likeness (QED) is 0.656. The van der Waals surface area contributed by atoms with Gasteiger partial charge in [0.05, 0.1) is 20.3 Å². The van der Waals surface area contributed by atoms with Crippen LogP contribution in [0.5, 0.6) is 11.5 Å². The van der Waals surface area contributed by atoms with E-state index in [9.17, 15) is 4.39 Å². The lowest BCUT2D eigenvalue weighted by molar-refractivity contribution is 0.387. The molecule has 0 aliphatic carbocycles. The third-order valence-corrected chi connectivity index (χ3v) is 3.45. The van der Waals surface area contributed by atoms with Gasteiger partial charge in [0.25, 0.3) is 0 Å². The van der Waals surface area contributed by atoms with Crippen LogP contribution in [-0.4, -0.2) is 14.2 Å². The maximum Gasteiger partial charge on any atom is 0.131 e. The second-order valence-electron chi connectivity index (χ2n) is 4.69. The lowest BCUT2D eigenvalue weighted by Gasteiger charge is -2.21. The molecule has 21 heavy (non-hydrogen) atoms. The summed E-state index contributed by atoms with van der Waals surface area (Å²) in [7, 11) is 3.13. The number of hydrogen-bond acceptors (Lipinski definition) is 4. The smallest absolute Gasteiger partial charge is 0.131 e. The predicted molar refractivity (Wildman–Crippen MR) is 79.8 cm³/mol. The number of benzene rings is 2. The first kappa shape index (κ1) is 15.3. The molecule has 0 bridgehead atoms. The molecule has 0 radical (unpaired) electrons. The zero-order chi connectivity index (χ0) is 15.4. The molecule has 2 rings (SSSR count). The van der Waals surface area contributed by atoms with Crippen molar-refractivity contribution in [3.05, 3.63) is 58.9 Å². The molecule has 5 heteroatoms. The van der Waals surface area contributed by atoms with E-state index in [1.165, 1.54) is 0 Å². The standard InChI is InChI=1S/C16H19FN2O2/c1-10-5-4-6-13(15(10)17)16(19-18)12-8-7-11(20-2)9-14(12)21-3/h4-9,16,19H,18H2,1-3H3. The summed E-state index contributed by atoms with van der Waals surface area (Å²) in [6, 6.07) is 10.1. The zero-order valence-electron chi connectivity index (χ0n) is 12.3. The number of nitrogens with two attached hydrogens (primary N) is 1. The van der Waals surface area contributed by atoms with Crippen molar-refractivity contribution in [3.8, 4) is 11.5 Å². The number of aryl methyl sites for hydroxylation is 1. The van der Waals surface area contributed by atoms with Crippen LogP contribution in [0.15, 0.2) is 36.4 Å². The number of rotatable bonds is 5. The first-order chi connectivity index (χ1) is 10.1. The first-order valence-corrected chi connectivity index (χ1v) is 6.55. The summed E-state index contributed by atoms with van der Waals surface area (Å²) in [5.41, 5.74) is 4.44. The van der Waals surface area contributed by atoms with E-state index in [4.69, 9.17) is 15.3 Å². The number of hydrazine groups is 1. The second-order valence-corrected chi connectivity index (χ2v) is 4.69. The fourth-order valence-electron chi connectivity index (χ4n) is 2.30. The van der Waals surface area contributed by atoms with Crippen LogP contribution in [0.4, 0.5) is 4.39 Å². The summed E-state index contributed by atoms with van der Waals surface area (Å²) >= 11 is 0. The maximum atomic E-state index is 14.3. The molecule has 0 fully saturated rings. The summed E-state index contributed by atoms with van der Waals surface area (Å²) in [4.78, 5) is 0. The molecule has 1 atom stereocenters. The van der Waals surface area contributed by atoms with Gasteiger partial charge in [0.15, 0.2) is 0 Å². The Balaban J connectivity index is 2.53. The lowest BCUT2D eigenvalue weighted by atomic mass is 9.96. The van der Waals surface area contributed by atoms with Gasteiger partial charge in [-0.2, -0.15) is 0 Å². The van der Waals surface area contributed by atoms with Crippen molar-refractivity contribution in [2.45, 2.75) is 13.0 Å². The molecule has 0 aliphatic rings. The van der Waals surface area contributed by atoms with Crippen molar-refractivity contribution in [2.75, 3.05) is 14.2 Å². The van der Waals surface area contributed by atoms with E-state index in [1.54, 1.807) is 51.5 Å². The Bertz CT molecular complexity index is 632. The Kier molecular flexibility index (Phi) is 4.77. The predicted octanol–water partition coefficient (Wildman–Crippen LogP) is 2.70. The van der Waals surface area contributed by atoms with Crippen molar-refractivity contribution < 1.29 is 13.9 Å². The minimum Gasteiger partial charge on any atom is -0.497 e. The van der Waals surface area contributed by atoms with E-state index >= 15 is 0 Å². The van der Waals surface area contributed by atoms with E-state index in [-0.39, 0.29) is 5.82 Å². The third kappa shape index (κ3) is 2.99. The Morgan fingerprint density at radius 1 is 1.10 bits per heavy atom. The molecule has 0 saturated carbocycles. The van der Waals surface area contributed by atoms with E-state index in [0.717, 1.165) is 5.56 Å². The third-order valence-electron chi connectivity index (χ3n) is 3.45. The lowest BCUT2D eigenvalue weighted by Crippen LogP contribution is -2.30. The van der Waals surface area contributed by atoms with E-state index in [1.807, 2.05) is 6.07 Å². The highest BCUT2D eigenvalue weighted by Crippen LogP contribution is 2.34. The molecule has 0 aliphatic heterocycles. The highest BCUT2D eigenvalue weighted by molar-refractivity contribution is 5.46. The molecule has 0 saturated heterocycles. The number of ether oxygens (including phenoxy) is 2. The van der Waals surface area contributed by atoms with Gasteiger partial charge in [0.1, 0.15) is 17.3 Å². The molecule has 1 unspecified atom stereocenters. The molecule has 3 N–H and O–H groups in total. The summed E-state index contributed by atoms with van der Waals surface area (Å²) in [5.74, 6) is 6.61. The minimum atomic E-state index is -0.509. The number of nitrogens with one attached hydrogen (secondary N) is 1. The van der Waals surface area contributed by atoms with Gasteiger partial charge in [-0.3, -0.25) is 5.84 Å². The zero-order valence-corrected chi connectivity index (χ0v) is 12.3. The molecule has 0 spiro atoms. The van der Waals surface area contributed by atoms with Gasteiger partial charge in [-0.05, 0) is 24.6 Å². The molecule has 0 heterocycles. The van der Waals surface area contributed by atoms with Crippen molar-refractivity contribution in [2.24, 2.45) is 5.84 Å². The second kappa shape index (κ2) is 6.56. The number of halogens is 1. The van der Waals surface area contributed by atoms with Gasteiger partial charge in [0.2, 0.25) is 0 Å². The Labute approximate surface area is 123 Å². The molecule has 0 amide bonds. The van der Waals surface area contributed by atoms with Crippen LogP contribution >= 0.6 is 0 Å². The SMILES string of the molecule is COc1ccc(C(NN)c2cccc(C)c2F)c(OC)c1. The van der Waals surface area contributed by atoms with Crippen molar-refractivity contribution >= 4 is 0 Å². The van der Waals surface area contributed by atoms with Crippen LogP contribution in [0, 0.1) is 12.7 Å². The van der Waals surface area contributed by atoms with E-state index in [2.05, 4.69) is 5.43 Å². The topological polar surface area (TPSA) is 56.5 Å². The molecule has 0 aromatic heterocycles. The van der Waals surface area contributed by atoms with Crippen LogP contribution in [0.3, 0.4) is 0 Å². The molecule has 2 aromatic carbocycles. The van der Waals surface area contributed by atoms with Crippen LogP contribution in [0.1, 0.15) is 22.7 Å². The van der Waals surface area contributed by atoms with Gasteiger partial charge < -0.3 is 9.47 Å². The van der Waals surface area contributed by atoms with Crippen LogP contribution in [-0.2, 0) is 0 Å². The average molecular weight is 290 g/mol. The van der Waals surface area contributed by atoms with Crippen LogP contribution < -0.4 is 20.7 Å². The normalized spacial score (nSPS) is 12.0. The fraction of sp³-hybridized carbons (Fsp3) is 0.250. The van der Waals surface area contributed by atoms with E-state index < -0.39 is 6.04 Å². The van der Waals surface area contributed by atoms with Crippen molar-refractivity contribution in [1.82, 2.24) is 5.43 Å². The average Bonchev–Trinajstić information content (AvgIpc) is 2.52.